The number of carbonyl (C=O) groups is 4. The van der Waals surface area contributed by atoms with Crippen LogP contribution in [-0.4, -0.2) is 59.5 Å². The number of amides is 3. The molecule has 8 nitrogen and oxygen atoms in total. The molecule has 1 fully saturated rings. The summed E-state index contributed by atoms with van der Waals surface area (Å²) in [7, 11) is 0. The second-order valence-electron chi connectivity index (χ2n) is 7.88. The van der Waals surface area contributed by atoms with E-state index in [1.807, 2.05) is 20.8 Å². The average molecular weight is 473 g/mol. The molecule has 0 spiro atoms. The topological polar surface area (TPSA) is 116 Å². The highest BCUT2D eigenvalue weighted by Gasteiger charge is 2.38. The summed E-state index contributed by atoms with van der Waals surface area (Å²) in [5.74, 6) is -2.82. The molecule has 0 unspecified atom stereocenters. The molecule has 1 aliphatic heterocycles. The first kappa shape index (κ1) is 27.9. The number of likely N-dealkylation sites (tertiary alicyclic amines) is 1. The minimum atomic E-state index is -5.08. The summed E-state index contributed by atoms with van der Waals surface area (Å²) in [4.78, 5) is 47.1. The molecule has 0 atom stereocenters. The quantitative estimate of drug-likeness (QED) is 0.586. The number of halogens is 3. The molecular formula is C22H30F3N3O5. The number of piperidine rings is 1. The fourth-order valence-corrected chi connectivity index (χ4v) is 2.90. The largest absolute Gasteiger partial charge is 0.490 e. The molecule has 3 N–H and O–H groups in total. The van der Waals surface area contributed by atoms with Crippen molar-refractivity contribution < 1.29 is 37.5 Å². The minimum Gasteiger partial charge on any atom is -0.475 e. The molecule has 0 bridgehead atoms. The predicted molar refractivity (Wildman–Crippen MR) is 116 cm³/mol. The number of anilines is 1. The van der Waals surface area contributed by atoms with Crippen LogP contribution in [0.2, 0.25) is 0 Å². The zero-order valence-corrected chi connectivity index (χ0v) is 18.9. The Morgan fingerprint density at radius 3 is 2.03 bits per heavy atom. The highest BCUT2D eigenvalue weighted by molar-refractivity contribution is 5.96. The van der Waals surface area contributed by atoms with Crippen molar-refractivity contribution in [1.82, 2.24) is 10.2 Å². The average Bonchev–Trinajstić information content (AvgIpc) is 2.77. The molecule has 3 amide bonds. The lowest BCUT2D eigenvalue weighted by Gasteiger charge is -2.31. The predicted octanol–water partition coefficient (Wildman–Crippen LogP) is 3.29. The van der Waals surface area contributed by atoms with Gasteiger partial charge in [-0.05, 0) is 43.5 Å². The van der Waals surface area contributed by atoms with E-state index in [1.54, 1.807) is 29.2 Å². The number of aliphatic carboxylic acids is 1. The standard InChI is InChI=1S/C20H29N3O3.C2HF3O2/c1-4-11-21-19(25)15-9-12-23(13-10-15)20(26)16-5-7-17(8-6-16)22-18(24)14(2)3;3-2(4,5)1(6)7/h5-8,14-15H,4,9-13H2,1-3H3,(H,21,25)(H,22,24);(H,6,7). The highest BCUT2D eigenvalue weighted by atomic mass is 19.4. The van der Waals surface area contributed by atoms with E-state index in [-0.39, 0.29) is 29.6 Å². The first-order valence-electron chi connectivity index (χ1n) is 10.6. The van der Waals surface area contributed by atoms with Gasteiger partial charge in [0.2, 0.25) is 11.8 Å². The van der Waals surface area contributed by atoms with Crippen LogP contribution in [0.25, 0.3) is 0 Å². The van der Waals surface area contributed by atoms with Gasteiger partial charge in [-0.25, -0.2) is 4.79 Å². The number of hydrogen-bond donors (Lipinski definition) is 3. The summed E-state index contributed by atoms with van der Waals surface area (Å²) < 4.78 is 31.7. The zero-order valence-electron chi connectivity index (χ0n) is 18.9. The van der Waals surface area contributed by atoms with E-state index in [4.69, 9.17) is 9.90 Å². The van der Waals surface area contributed by atoms with E-state index in [9.17, 15) is 27.6 Å². The Labute approximate surface area is 190 Å². The van der Waals surface area contributed by atoms with Gasteiger partial charge in [0.15, 0.2) is 0 Å². The van der Waals surface area contributed by atoms with Crippen molar-refractivity contribution in [2.75, 3.05) is 25.0 Å². The van der Waals surface area contributed by atoms with Gasteiger partial charge in [0.25, 0.3) is 5.91 Å². The molecule has 0 radical (unpaired) electrons. The van der Waals surface area contributed by atoms with Gasteiger partial charge < -0.3 is 20.6 Å². The Kier molecular flexibility index (Phi) is 10.8. The lowest BCUT2D eigenvalue weighted by atomic mass is 9.95. The maximum absolute atomic E-state index is 12.6. The number of nitrogens with zero attached hydrogens (tertiary/aromatic N) is 1. The van der Waals surface area contributed by atoms with Crippen LogP contribution in [0.1, 0.15) is 50.4 Å². The van der Waals surface area contributed by atoms with Gasteiger partial charge in [0, 0.05) is 42.7 Å². The molecule has 1 heterocycles. The molecule has 11 heteroatoms. The lowest BCUT2D eigenvalue weighted by Crippen LogP contribution is -2.43. The molecule has 1 saturated heterocycles. The zero-order chi connectivity index (χ0) is 25.2. The van der Waals surface area contributed by atoms with E-state index >= 15 is 0 Å². The molecule has 1 aliphatic rings. The smallest absolute Gasteiger partial charge is 0.475 e. The van der Waals surface area contributed by atoms with E-state index in [0.29, 0.717) is 43.7 Å². The Morgan fingerprint density at radius 2 is 1.61 bits per heavy atom. The van der Waals surface area contributed by atoms with Gasteiger partial charge in [-0.2, -0.15) is 13.2 Å². The van der Waals surface area contributed by atoms with Crippen molar-refractivity contribution in [3.05, 3.63) is 29.8 Å². The molecule has 1 aromatic carbocycles. The highest BCUT2D eigenvalue weighted by Crippen LogP contribution is 2.20. The second-order valence-corrected chi connectivity index (χ2v) is 7.88. The van der Waals surface area contributed by atoms with Crippen LogP contribution in [0, 0.1) is 11.8 Å². The SMILES string of the molecule is CCCNC(=O)C1CCN(C(=O)c2ccc(NC(=O)C(C)C)cc2)CC1.O=C(O)C(F)(F)F. The second kappa shape index (κ2) is 12.8. The first-order valence-corrected chi connectivity index (χ1v) is 10.6. The van der Waals surface area contributed by atoms with Crippen LogP contribution in [0.4, 0.5) is 18.9 Å². The lowest BCUT2D eigenvalue weighted by molar-refractivity contribution is -0.192. The monoisotopic (exact) mass is 473 g/mol. The third-order valence-electron chi connectivity index (χ3n) is 4.87. The van der Waals surface area contributed by atoms with Gasteiger partial charge >= 0.3 is 12.1 Å². The van der Waals surface area contributed by atoms with Crippen molar-refractivity contribution in [2.24, 2.45) is 11.8 Å². The fourth-order valence-electron chi connectivity index (χ4n) is 2.90. The summed E-state index contributed by atoms with van der Waals surface area (Å²) >= 11 is 0. The maximum Gasteiger partial charge on any atom is 0.490 e. The molecule has 1 aromatic rings. The van der Waals surface area contributed by atoms with E-state index < -0.39 is 12.1 Å². The van der Waals surface area contributed by atoms with Crippen molar-refractivity contribution in [1.29, 1.82) is 0 Å². The van der Waals surface area contributed by atoms with Gasteiger partial charge in [0.1, 0.15) is 0 Å². The number of carboxylic acid groups (broad SMARTS) is 1. The van der Waals surface area contributed by atoms with E-state index in [1.165, 1.54) is 0 Å². The molecule has 2 rings (SSSR count). The molecule has 184 valence electrons. The fraction of sp³-hybridized carbons (Fsp3) is 0.545. The maximum atomic E-state index is 12.6. The number of nitrogens with one attached hydrogen (secondary N) is 2. The van der Waals surface area contributed by atoms with Crippen LogP contribution >= 0.6 is 0 Å². The van der Waals surface area contributed by atoms with Gasteiger partial charge in [0.05, 0.1) is 0 Å². The summed E-state index contributed by atoms with van der Waals surface area (Å²) in [6.45, 7) is 7.58. The Balaban J connectivity index is 0.000000675. The van der Waals surface area contributed by atoms with Gasteiger partial charge in [-0.3, -0.25) is 14.4 Å². The van der Waals surface area contributed by atoms with Crippen LogP contribution in [0.3, 0.4) is 0 Å². The van der Waals surface area contributed by atoms with Crippen LogP contribution in [0.15, 0.2) is 24.3 Å². The number of rotatable bonds is 6. The summed E-state index contributed by atoms with van der Waals surface area (Å²) in [5.41, 5.74) is 1.29. The van der Waals surface area contributed by atoms with Crippen molar-refractivity contribution in [2.45, 2.75) is 46.2 Å². The molecular weight excluding hydrogens is 443 g/mol. The van der Waals surface area contributed by atoms with E-state index in [0.717, 1.165) is 6.42 Å². The molecule has 0 aromatic heterocycles. The van der Waals surface area contributed by atoms with Gasteiger partial charge in [-0.1, -0.05) is 20.8 Å². The number of benzene rings is 1. The summed E-state index contributed by atoms with van der Waals surface area (Å²) in [6, 6.07) is 6.97. The molecule has 0 saturated carbocycles. The Bertz CT molecular complexity index is 818. The van der Waals surface area contributed by atoms with Crippen LogP contribution in [-0.2, 0) is 14.4 Å². The number of hydrogen-bond acceptors (Lipinski definition) is 4. The molecule has 33 heavy (non-hydrogen) atoms. The van der Waals surface area contributed by atoms with Gasteiger partial charge in [-0.15, -0.1) is 0 Å². The number of carbonyl (C=O) groups excluding carboxylic acids is 3. The number of alkyl halides is 3. The molecule has 0 aliphatic carbocycles. The van der Waals surface area contributed by atoms with Crippen molar-refractivity contribution >= 4 is 29.4 Å². The summed E-state index contributed by atoms with van der Waals surface area (Å²) in [5, 5.41) is 12.9. The van der Waals surface area contributed by atoms with Crippen molar-refractivity contribution in [3.8, 4) is 0 Å². The number of carboxylic acids is 1. The van der Waals surface area contributed by atoms with Crippen LogP contribution < -0.4 is 10.6 Å². The van der Waals surface area contributed by atoms with Crippen LogP contribution in [0.5, 0.6) is 0 Å². The van der Waals surface area contributed by atoms with Crippen molar-refractivity contribution in [3.63, 3.8) is 0 Å². The third kappa shape index (κ3) is 9.50. The summed E-state index contributed by atoms with van der Waals surface area (Å²) in [6.07, 6.45) is -2.76. The Hall–Kier alpha value is -3.11. The first-order chi connectivity index (χ1) is 15.4. The Morgan fingerprint density at radius 1 is 1.09 bits per heavy atom. The normalized spacial score (nSPS) is 14.2. The minimum absolute atomic E-state index is 0.000720. The van der Waals surface area contributed by atoms with E-state index in [2.05, 4.69) is 10.6 Å². The third-order valence-corrected chi connectivity index (χ3v) is 4.87.